The van der Waals surface area contributed by atoms with Gasteiger partial charge in [-0.2, -0.15) is 0 Å². The molecule has 1 heteroatoms. The molecule has 1 heterocycles. The quantitative estimate of drug-likeness (QED) is 0.611. The third-order valence-electron chi connectivity index (χ3n) is 2.51. The molecule has 0 aliphatic carbocycles. The first-order valence-electron chi connectivity index (χ1n) is 4.08. The van der Waals surface area contributed by atoms with E-state index in [4.69, 9.17) is 0 Å². The minimum atomic E-state index is 0.564. The van der Waals surface area contributed by atoms with Gasteiger partial charge in [0.2, 0.25) is 0 Å². The van der Waals surface area contributed by atoms with Gasteiger partial charge < -0.3 is 5.32 Å². The fraction of sp³-hybridized carbons (Fsp3) is 1.00. The van der Waals surface area contributed by atoms with E-state index in [0.29, 0.717) is 5.54 Å². The molecule has 0 spiro atoms. The summed E-state index contributed by atoms with van der Waals surface area (Å²) >= 11 is 0. The summed E-state index contributed by atoms with van der Waals surface area (Å²) in [7, 11) is 0. The number of hydrogen-bond donors (Lipinski definition) is 1. The van der Waals surface area contributed by atoms with Crippen LogP contribution in [0.1, 0.15) is 39.5 Å². The smallest absolute Gasteiger partial charge is 0.0190 e. The van der Waals surface area contributed by atoms with Crippen LogP contribution in [0.15, 0.2) is 0 Å². The summed E-state index contributed by atoms with van der Waals surface area (Å²) in [4.78, 5) is 0. The minimum absolute atomic E-state index is 0.564. The predicted molar refractivity (Wildman–Crippen MR) is 40.5 cm³/mol. The van der Waals surface area contributed by atoms with Gasteiger partial charge in [-0.05, 0) is 25.8 Å². The maximum Gasteiger partial charge on any atom is 0.0190 e. The van der Waals surface area contributed by atoms with Gasteiger partial charge in [-0.25, -0.2) is 0 Å². The zero-order valence-electron chi connectivity index (χ0n) is 6.54. The van der Waals surface area contributed by atoms with Crippen molar-refractivity contribution in [3.63, 3.8) is 0 Å². The molecule has 1 fully saturated rings. The second-order valence-electron chi connectivity index (χ2n) is 3.06. The summed E-state index contributed by atoms with van der Waals surface area (Å²) in [6.45, 7) is 5.78. The molecule has 1 aliphatic heterocycles. The summed E-state index contributed by atoms with van der Waals surface area (Å²) in [5.41, 5.74) is 0.564. The highest BCUT2D eigenvalue weighted by Crippen LogP contribution is 2.27. The summed E-state index contributed by atoms with van der Waals surface area (Å²) in [6.07, 6.45) is 5.39. The van der Waals surface area contributed by atoms with Crippen molar-refractivity contribution in [3.8, 4) is 0 Å². The first-order valence-corrected chi connectivity index (χ1v) is 4.08. The molecule has 1 N–H and O–H groups in total. The largest absolute Gasteiger partial charge is 0.311 e. The zero-order chi connectivity index (χ0) is 6.74. The van der Waals surface area contributed by atoms with Crippen molar-refractivity contribution >= 4 is 0 Å². The van der Waals surface area contributed by atoms with Crippen LogP contribution in [-0.4, -0.2) is 12.1 Å². The van der Waals surface area contributed by atoms with Crippen LogP contribution in [0.5, 0.6) is 0 Å². The normalized spacial score (nSPS) is 34.0. The van der Waals surface area contributed by atoms with Gasteiger partial charge in [-0.1, -0.05) is 20.3 Å². The average molecular weight is 127 g/mol. The van der Waals surface area contributed by atoms with Gasteiger partial charge in [0.05, 0.1) is 0 Å². The molecular formula is C8H17N. The second-order valence-corrected chi connectivity index (χ2v) is 3.06. The van der Waals surface area contributed by atoms with Crippen molar-refractivity contribution in [2.24, 2.45) is 0 Å². The maximum absolute atomic E-state index is 3.51. The van der Waals surface area contributed by atoms with Crippen LogP contribution in [0.25, 0.3) is 0 Å². The molecule has 1 atom stereocenters. The SMILES string of the molecule is CCCC1(CC)CCN1. The van der Waals surface area contributed by atoms with Crippen LogP contribution in [0.3, 0.4) is 0 Å². The van der Waals surface area contributed by atoms with Crippen LogP contribution in [0.4, 0.5) is 0 Å². The highest BCUT2D eigenvalue weighted by atomic mass is 15.0. The molecule has 0 amide bonds. The van der Waals surface area contributed by atoms with Crippen LogP contribution in [-0.2, 0) is 0 Å². The lowest BCUT2D eigenvalue weighted by Gasteiger charge is -2.42. The lowest BCUT2D eigenvalue weighted by Crippen LogP contribution is -2.56. The molecule has 1 aliphatic rings. The van der Waals surface area contributed by atoms with Crippen molar-refractivity contribution < 1.29 is 0 Å². The Morgan fingerprint density at radius 3 is 2.22 bits per heavy atom. The molecule has 0 saturated carbocycles. The van der Waals surface area contributed by atoms with E-state index in [1.165, 1.54) is 32.2 Å². The molecule has 9 heavy (non-hydrogen) atoms. The molecule has 54 valence electrons. The predicted octanol–water partition coefficient (Wildman–Crippen LogP) is 1.93. The summed E-state index contributed by atoms with van der Waals surface area (Å²) in [6, 6.07) is 0. The standard InChI is InChI=1S/C8H17N/c1-3-5-8(4-2)6-7-9-8/h9H,3-7H2,1-2H3. The van der Waals surface area contributed by atoms with Gasteiger partial charge >= 0.3 is 0 Å². The Labute approximate surface area is 57.8 Å². The molecule has 0 aromatic rings. The Morgan fingerprint density at radius 2 is 2.11 bits per heavy atom. The van der Waals surface area contributed by atoms with Crippen molar-refractivity contribution in [2.45, 2.75) is 45.1 Å². The average Bonchev–Trinajstić information content (AvgIpc) is 1.79. The van der Waals surface area contributed by atoms with Gasteiger partial charge in [-0.15, -0.1) is 0 Å². The van der Waals surface area contributed by atoms with E-state index in [-0.39, 0.29) is 0 Å². The Balaban J connectivity index is 2.28. The van der Waals surface area contributed by atoms with Gasteiger partial charge in [-0.3, -0.25) is 0 Å². The van der Waals surface area contributed by atoms with Crippen molar-refractivity contribution in [2.75, 3.05) is 6.54 Å². The monoisotopic (exact) mass is 127 g/mol. The fourth-order valence-electron chi connectivity index (χ4n) is 1.65. The first-order chi connectivity index (χ1) is 4.33. The summed E-state index contributed by atoms with van der Waals surface area (Å²) in [5, 5.41) is 3.51. The van der Waals surface area contributed by atoms with E-state index < -0.39 is 0 Å². The Morgan fingerprint density at radius 1 is 1.44 bits per heavy atom. The van der Waals surface area contributed by atoms with Gasteiger partial charge in [0.15, 0.2) is 0 Å². The molecule has 0 aromatic heterocycles. The lowest BCUT2D eigenvalue weighted by atomic mass is 9.81. The summed E-state index contributed by atoms with van der Waals surface area (Å²) in [5.74, 6) is 0. The van der Waals surface area contributed by atoms with Gasteiger partial charge in [0, 0.05) is 5.54 Å². The van der Waals surface area contributed by atoms with E-state index in [1.807, 2.05) is 0 Å². The number of hydrogen-bond acceptors (Lipinski definition) is 1. The molecule has 1 unspecified atom stereocenters. The van der Waals surface area contributed by atoms with E-state index in [2.05, 4.69) is 19.2 Å². The summed E-state index contributed by atoms with van der Waals surface area (Å²) < 4.78 is 0. The van der Waals surface area contributed by atoms with E-state index >= 15 is 0 Å². The van der Waals surface area contributed by atoms with Crippen LogP contribution in [0.2, 0.25) is 0 Å². The molecule has 0 bridgehead atoms. The Hall–Kier alpha value is -0.0400. The fourth-order valence-corrected chi connectivity index (χ4v) is 1.65. The molecule has 0 aromatic carbocycles. The van der Waals surface area contributed by atoms with Gasteiger partial charge in [0.1, 0.15) is 0 Å². The zero-order valence-corrected chi connectivity index (χ0v) is 6.54. The number of nitrogens with one attached hydrogen (secondary N) is 1. The van der Waals surface area contributed by atoms with E-state index in [9.17, 15) is 0 Å². The highest BCUT2D eigenvalue weighted by molar-refractivity contribution is 4.94. The van der Waals surface area contributed by atoms with Crippen molar-refractivity contribution in [1.29, 1.82) is 0 Å². The third-order valence-corrected chi connectivity index (χ3v) is 2.51. The second kappa shape index (κ2) is 2.70. The van der Waals surface area contributed by atoms with E-state index in [1.54, 1.807) is 0 Å². The molecule has 1 saturated heterocycles. The van der Waals surface area contributed by atoms with Crippen LogP contribution < -0.4 is 5.32 Å². The number of rotatable bonds is 3. The molecular weight excluding hydrogens is 110 g/mol. The Bertz CT molecular complexity index is 79.1. The molecule has 1 rings (SSSR count). The van der Waals surface area contributed by atoms with Crippen LogP contribution >= 0.6 is 0 Å². The topological polar surface area (TPSA) is 12.0 Å². The highest BCUT2D eigenvalue weighted by Gasteiger charge is 2.32. The maximum atomic E-state index is 3.51. The minimum Gasteiger partial charge on any atom is -0.311 e. The Kier molecular flexibility index (Phi) is 2.12. The van der Waals surface area contributed by atoms with E-state index in [0.717, 1.165) is 0 Å². The van der Waals surface area contributed by atoms with Crippen LogP contribution in [0, 0.1) is 0 Å². The van der Waals surface area contributed by atoms with Crippen molar-refractivity contribution in [3.05, 3.63) is 0 Å². The molecule has 1 nitrogen and oxygen atoms in total. The first kappa shape index (κ1) is 7.07. The van der Waals surface area contributed by atoms with Gasteiger partial charge in [0.25, 0.3) is 0 Å². The molecule has 0 radical (unpaired) electrons. The lowest BCUT2D eigenvalue weighted by molar-refractivity contribution is 0.183. The van der Waals surface area contributed by atoms with Crippen molar-refractivity contribution in [1.82, 2.24) is 5.32 Å². The third kappa shape index (κ3) is 1.26.